The number of nitrogens with zero attached hydrogens (tertiary/aromatic N) is 4. The second-order valence-corrected chi connectivity index (χ2v) is 8.65. The summed E-state index contributed by atoms with van der Waals surface area (Å²) < 4.78 is 7.57. The maximum absolute atomic E-state index is 12.6. The van der Waals surface area contributed by atoms with Crippen LogP contribution in [0.3, 0.4) is 0 Å². The van der Waals surface area contributed by atoms with Gasteiger partial charge in [0.05, 0.1) is 6.04 Å². The smallest absolute Gasteiger partial charge is 0.223 e. The molecule has 2 aromatic heterocycles. The van der Waals surface area contributed by atoms with E-state index in [-0.39, 0.29) is 17.9 Å². The van der Waals surface area contributed by atoms with Crippen molar-refractivity contribution in [2.45, 2.75) is 45.3 Å². The van der Waals surface area contributed by atoms with Crippen molar-refractivity contribution in [3.8, 4) is 0 Å². The van der Waals surface area contributed by atoms with Crippen LogP contribution in [0, 0.1) is 5.92 Å². The van der Waals surface area contributed by atoms with E-state index in [2.05, 4.69) is 60.3 Å². The Morgan fingerprint density at radius 1 is 1.23 bits per heavy atom. The zero-order valence-electron chi connectivity index (χ0n) is 18.0. The molecule has 1 saturated heterocycles. The van der Waals surface area contributed by atoms with Crippen molar-refractivity contribution in [2.24, 2.45) is 5.92 Å². The van der Waals surface area contributed by atoms with Crippen LogP contribution in [0.1, 0.15) is 43.1 Å². The molecular weight excluding hydrogens is 392 g/mol. The van der Waals surface area contributed by atoms with Crippen molar-refractivity contribution in [3.63, 3.8) is 0 Å². The third-order valence-electron chi connectivity index (χ3n) is 6.47. The second kappa shape index (κ2) is 8.80. The molecule has 3 aromatic rings. The fourth-order valence-electron chi connectivity index (χ4n) is 4.68. The van der Waals surface area contributed by atoms with E-state index < -0.39 is 0 Å². The lowest BCUT2D eigenvalue weighted by atomic mass is 9.99. The fourth-order valence-corrected chi connectivity index (χ4v) is 4.68. The summed E-state index contributed by atoms with van der Waals surface area (Å²) >= 11 is 0. The summed E-state index contributed by atoms with van der Waals surface area (Å²) in [5.41, 5.74) is 2.41. The zero-order chi connectivity index (χ0) is 21.2. The van der Waals surface area contributed by atoms with Crippen LogP contribution in [0.2, 0.25) is 0 Å². The number of carbonyl (C=O) groups is 1. The van der Waals surface area contributed by atoms with Gasteiger partial charge in [0.2, 0.25) is 5.91 Å². The average Bonchev–Trinajstić information content (AvgIpc) is 3.34. The number of H-pyrrole nitrogens is 1. The summed E-state index contributed by atoms with van der Waals surface area (Å²) in [4.78, 5) is 18.6. The van der Waals surface area contributed by atoms with Gasteiger partial charge in [0.25, 0.3) is 0 Å². The molecule has 0 saturated carbocycles. The molecular formula is C23H30N6O2. The first-order valence-electron chi connectivity index (χ1n) is 11.3. The first-order chi connectivity index (χ1) is 15.2. The van der Waals surface area contributed by atoms with E-state index >= 15 is 0 Å². The maximum Gasteiger partial charge on any atom is 0.223 e. The Balaban J connectivity index is 1.22. The number of hydrogen-bond acceptors (Lipinski definition) is 5. The van der Waals surface area contributed by atoms with Gasteiger partial charge in [-0.1, -0.05) is 18.2 Å². The summed E-state index contributed by atoms with van der Waals surface area (Å²) in [6.45, 7) is 6.91. The summed E-state index contributed by atoms with van der Waals surface area (Å²) in [5, 5.41) is 13.3. The van der Waals surface area contributed by atoms with Crippen LogP contribution < -0.4 is 5.32 Å². The normalized spacial score (nSPS) is 19.1. The van der Waals surface area contributed by atoms with Crippen LogP contribution in [-0.4, -0.2) is 56.9 Å². The van der Waals surface area contributed by atoms with Crippen LogP contribution >= 0.6 is 0 Å². The van der Waals surface area contributed by atoms with Gasteiger partial charge in [-0.25, -0.2) is 0 Å². The zero-order valence-corrected chi connectivity index (χ0v) is 18.0. The highest BCUT2D eigenvalue weighted by molar-refractivity contribution is 5.80. The number of benzene rings is 1. The van der Waals surface area contributed by atoms with Crippen LogP contribution in [0.25, 0.3) is 10.9 Å². The highest BCUT2D eigenvalue weighted by Crippen LogP contribution is 2.21. The average molecular weight is 423 g/mol. The largest absolute Gasteiger partial charge is 0.381 e. The summed E-state index contributed by atoms with van der Waals surface area (Å²) in [6, 6.07) is 10.5. The molecule has 2 N–H and O–H groups in total. The maximum atomic E-state index is 12.6. The number of hydrogen-bond donors (Lipinski definition) is 2. The number of para-hydroxylation sites is 1. The number of carbonyl (C=O) groups excluding carboxylic acids is 1. The fraction of sp³-hybridized carbons (Fsp3) is 0.522. The van der Waals surface area contributed by atoms with Crippen LogP contribution in [0.15, 0.2) is 30.3 Å². The Labute approximate surface area is 182 Å². The van der Waals surface area contributed by atoms with E-state index in [0.29, 0.717) is 13.2 Å². The van der Waals surface area contributed by atoms with Crippen molar-refractivity contribution in [3.05, 3.63) is 47.7 Å². The molecule has 0 radical (unpaired) electrons. The van der Waals surface area contributed by atoms with Gasteiger partial charge in [0.15, 0.2) is 5.82 Å². The Kier molecular flexibility index (Phi) is 5.74. The first-order valence-corrected chi connectivity index (χ1v) is 11.3. The summed E-state index contributed by atoms with van der Waals surface area (Å²) in [7, 11) is 0. The number of ether oxygens (including phenoxy) is 1. The van der Waals surface area contributed by atoms with E-state index in [1.165, 1.54) is 16.6 Å². The van der Waals surface area contributed by atoms with E-state index in [1.807, 2.05) is 6.92 Å². The van der Waals surface area contributed by atoms with E-state index in [0.717, 1.165) is 57.1 Å². The minimum Gasteiger partial charge on any atom is -0.381 e. The Morgan fingerprint density at radius 2 is 2.06 bits per heavy atom. The molecule has 0 aliphatic carbocycles. The first kappa shape index (κ1) is 20.2. The van der Waals surface area contributed by atoms with Crippen LogP contribution in [-0.2, 0) is 29.0 Å². The Hall–Kier alpha value is -2.71. The molecule has 164 valence electrons. The van der Waals surface area contributed by atoms with Gasteiger partial charge in [0, 0.05) is 62.9 Å². The van der Waals surface area contributed by atoms with Gasteiger partial charge in [-0.05, 0) is 37.3 Å². The van der Waals surface area contributed by atoms with Crippen molar-refractivity contribution in [2.75, 3.05) is 26.3 Å². The molecule has 1 amide bonds. The minimum absolute atomic E-state index is 0.0366. The quantitative estimate of drug-likeness (QED) is 0.659. The molecule has 31 heavy (non-hydrogen) atoms. The molecule has 2 aliphatic rings. The second-order valence-electron chi connectivity index (χ2n) is 8.65. The topological polar surface area (TPSA) is 88.1 Å². The number of fused-ring (bicyclic) bond motifs is 2. The molecule has 1 unspecified atom stereocenters. The molecule has 1 fully saturated rings. The van der Waals surface area contributed by atoms with Crippen molar-refractivity contribution in [1.82, 2.24) is 30.0 Å². The predicted molar refractivity (Wildman–Crippen MR) is 117 cm³/mol. The molecule has 2 aliphatic heterocycles. The SMILES string of the molecule is CC(NC(=O)C1CCOCC1)c1nnc2n1CCN(Cc1cc3ccccc3[nH]1)CC2. The molecule has 1 aromatic carbocycles. The van der Waals surface area contributed by atoms with Gasteiger partial charge < -0.3 is 19.6 Å². The number of nitrogens with one attached hydrogen (secondary N) is 2. The van der Waals surface area contributed by atoms with E-state index in [4.69, 9.17) is 4.74 Å². The molecule has 0 bridgehead atoms. The van der Waals surface area contributed by atoms with E-state index in [9.17, 15) is 4.79 Å². The molecule has 1 atom stereocenters. The van der Waals surface area contributed by atoms with Gasteiger partial charge in [-0.3, -0.25) is 9.69 Å². The highest BCUT2D eigenvalue weighted by atomic mass is 16.5. The van der Waals surface area contributed by atoms with Crippen molar-refractivity contribution >= 4 is 16.8 Å². The van der Waals surface area contributed by atoms with Gasteiger partial charge in [-0.2, -0.15) is 0 Å². The van der Waals surface area contributed by atoms with E-state index in [1.54, 1.807) is 0 Å². The van der Waals surface area contributed by atoms with Crippen LogP contribution in [0.4, 0.5) is 0 Å². The number of aromatic nitrogens is 4. The predicted octanol–water partition coefficient (Wildman–Crippen LogP) is 2.42. The molecule has 0 spiro atoms. The monoisotopic (exact) mass is 422 g/mol. The van der Waals surface area contributed by atoms with Crippen molar-refractivity contribution in [1.29, 1.82) is 0 Å². The highest BCUT2D eigenvalue weighted by Gasteiger charge is 2.26. The molecule has 4 heterocycles. The summed E-state index contributed by atoms with van der Waals surface area (Å²) in [5.74, 6) is 1.99. The molecule has 8 nitrogen and oxygen atoms in total. The third-order valence-corrected chi connectivity index (χ3v) is 6.47. The van der Waals surface area contributed by atoms with Gasteiger partial charge in [-0.15, -0.1) is 10.2 Å². The number of aromatic amines is 1. The van der Waals surface area contributed by atoms with Crippen molar-refractivity contribution < 1.29 is 9.53 Å². The lowest BCUT2D eigenvalue weighted by molar-refractivity contribution is -0.128. The molecule has 8 heteroatoms. The third kappa shape index (κ3) is 4.36. The Bertz CT molecular complexity index is 1020. The van der Waals surface area contributed by atoms with Gasteiger partial charge >= 0.3 is 0 Å². The van der Waals surface area contributed by atoms with Gasteiger partial charge in [0.1, 0.15) is 5.82 Å². The summed E-state index contributed by atoms with van der Waals surface area (Å²) in [6.07, 6.45) is 2.44. The standard InChI is InChI=1S/C23H30N6O2/c1-16(24-23(30)17-7-12-31-13-8-17)22-27-26-21-6-9-28(10-11-29(21)22)15-19-14-18-4-2-3-5-20(18)25-19/h2-5,14,16-17,25H,6-13,15H2,1H3,(H,24,30). The Morgan fingerprint density at radius 3 is 2.90 bits per heavy atom. The lowest BCUT2D eigenvalue weighted by Crippen LogP contribution is -2.36. The lowest BCUT2D eigenvalue weighted by Gasteiger charge is -2.23. The van der Waals surface area contributed by atoms with Crippen LogP contribution in [0.5, 0.6) is 0 Å². The number of amides is 1. The number of rotatable bonds is 5. The minimum atomic E-state index is -0.156. The molecule has 5 rings (SSSR count).